The summed E-state index contributed by atoms with van der Waals surface area (Å²) in [5.41, 5.74) is -1.40. The van der Waals surface area contributed by atoms with Crippen molar-refractivity contribution in [2.75, 3.05) is 21.3 Å². The van der Waals surface area contributed by atoms with Crippen LogP contribution in [0.25, 0.3) is 0 Å². The Morgan fingerprint density at radius 3 is 2.09 bits per heavy atom. The van der Waals surface area contributed by atoms with Crippen LogP contribution in [-0.2, 0) is 23.8 Å². The van der Waals surface area contributed by atoms with Crippen molar-refractivity contribution in [3.8, 4) is 0 Å². The van der Waals surface area contributed by atoms with Gasteiger partial charge in [0, 0.05) is 12.3 Å². The zero-order valence-electron chi connectivity index (χ0n) is 11.9. The van der Waals surface area contributed by atoms with Gasteiger partial charge >= 0.3 is 17.9 Å². The number of esters is 3. The van der Waals surface area contributed by atoms with Crippen LogP contribution in [0.1, 0.15) is 22.0 Å². The standard InChI is InChI=1S/C12H12N2O8/c1-20-10(15)6-4-7(14(18)19)9(13-5-6)8(11(16)21-2)12(17)22-3/h4-5,8H,1-3H3. The highest BCUT2D eigenvalue weighted by Gasteiger charge is 2.38. The molecule has 10 nitrogen and oxygen atoms in total. The molecular weight excluding hydrogens is 300 g/mol. The molecule has 0 bridgehead atoms. The second-order valence-corrected chi connectivity index (χ2v) is 3.86. The summed E-state index contributed by atoms with van der Waals surface area (Å²) in [7, 11) is 3.10. The van der Waals surface area contributed by atoms with Gasteiger partial charge in [-0.1, -0.05) is 0 Å². The van der Waals surface area contributed by atoms with Gasteiger partial charge in [-0.15, -0.1) is 0 Å². The minimum atomic E-state index is -1.73. The largest absolute Gasteiger partial charge is 0.468 e. The fourth-order valence-corrected chi connectivity index (χ4v) is 1.62. The third kappa shape index (κ3) is 3.34. The van der Waals surface area contributed by atoms with Crippen LogP contribution < -0.4 is 0 Å². The monoisotopic (exact) mass is 312 g/mol. The molecule has 0 spiro atoms. The summed E-state index contributed by atoms with van der Waals surface area (Å²) in [5, 5.41) is 11.1. The maximum Gasteiger partial charge on any atom is 0.339 e. The van der Waals surface area contributed by atoms with E-state index in [1.54, 1.807) is 0 Å². The molecule has 0 aliphatic rings. The van der Waals surface area contributed by atoms with Gasteiger partial charge in [-0.25, -0.2) is 4.79 Å². The number of rotatable bonds is 5. The molecule has 1 rings (SSSR count). The number of methoxy groups -OCH3 is 3. The second-order valence-electron chi connectivity index (χ2n) is 3.86. The lowest BCUT2D eigenvalue weighted by Gasteiger charge is -2.12. The Morgan fingerprint density at radius 1 is 1.14 bits per heavy atom. The Morgan fingerprint density at radius 2 is 1.68 bits per heavy atom. The summed E-state index contributed by atoms with van der Waals surface area (Å²) in [6.45, 7) is 0. The van der Waals surface area contributed by atoms with Gasteiger partial charge in [0.25, 0.3) is 5.69 Å². The first-order valence-electron chi connectivity index (χ1n) is 5.75. The fourth-order valence-electron chi connectivity index (χ4n) is 1.62. The summed E-state index contributed by atoms with van der Waals surface area (Å²) in [4.78, 5) is 48.7. The van der Waals surface area contributed by atoms with Gasteiger partial charge in [0.2, 0.25) is 5.92 Å². The van der Waals surface area contributed by atoms with E-state index in [2.05, 4.69) is 19.2 Å². The molecule has 0 saturated carbocycles. The first-order chi connectivity index (χ1) is 10.4. The summed E-state index contributed by atoms with van der Waals surface area (Å²) in [6, 6.07) is 0.854. The highest BCUT2D eigenvalue weighted by molar-refractivity contribution is 6.01. The number of hydrogen-bond donors (Lipinski definition) is 0. The Hall–Kier alpha value is -3.04. The summed E-state index contributed by atoms with van der Waals surface area (Å²) < 4.78 is 13.3. The number of nitrogens with zero attached hydrogens (tertiary/aromatic N) is 2. The Bertz CT molecular complexity index is 612. The molecule has 0 N–H and O–H groups in total. The molecule has 0 saturated heterocycles. The van der Waals surface area contributed by atoms with Crippen LogP contribution in [-0.4, -0.2) is 49.1 Å². The van der Waals surface area contributed by atoms with E-state index in [0.29, 0.717) is 0 Å². The predicted octanol–water partition coefficient (Wildman–Crippen LogP) is 0.206. The number of nitro groups is 1. The predicted molar refractivity (Wildman–Crippen MR) is 69.0 cm³/mol. The van der Waals surface area contributed by atoms with Gasteiger partial charge in [-0.05, 0) is 0 Å². The molecule has 22 heavy (non-hydrogen) atoms. The number of ether oxygens (including phenoxy) is 3. The van der Waals surface area contributed by atoms with E-state index in [4.69, 9.17) is 0 Å². The van der Waals surface area contributed by atoms with Crippen LogP contribution in [0.4, 0.5) is 5.69 Å². The first kappa shape index (κ1) is 17.0. The fraction of sp³-hybridized carbons (Fsp3) is 0.333. The van der Waals surface area contributed by atoms with Gasteiger partial charge in [0.15, 0.2) is 0 Å². The molecule has 0 atom stereocenters. The van der Waals surface area contributed by atoms with Crippen molar-refractivity contribution in [1.29, 1.82) is 0 Å². The molecule has 118 valence electrons. The zero-order chi connectivity index (χ0) is 16.9. The number of hydrogen-bond acceptors (Lipinski definition) is 9. The molecule has 1 aromatic heterocycles. The third-order valence-corrected chi connectivity index (χ3v) is 2.66. The van der Waals surface area contributed by atoms with Crippen molar-refractivity contribution in [2.24, 2.45) is 0 Å². The molecule has 1 heterocycles. The van der Waals surface area contributed by atoms with Crippen LogP contribution in [0.15, 0.2) is 12.3 Å². The minimum Gasteiger partial charge on any atom is -0.468 e. The molecule has 1 aromatic rings. The Balaban J connectivity index is 3.49. The minimum absolute atomic E-state index is 0.202. The SMILES string of the molecule is COC(=O)c1cnc(C(C(=O)OC)C(=O)OC)c([N+](=O)[O-])c1. The highest BCUT2D eigenvalue weighted by Crippen LogP contribution is 2.27. The lowest BCUT2D eigenvalue weighted by atomic mass is 10.0. The third-order valence-electron chi connectivity index (χ3n) is 2.66. The maximum atomic E-state index is 11.7. The van der Waals surface area contributed by atoms with Crippen molar-refractivity contribution < 1.29 is 33.5 Å². The van der Waals surface area contributed by atoms with E-state index < -0.39 is 40.1 Å². The molecule has 10 heteroatoms. The van der Waals surface area contributed by atoms with Crippen molar-refractivity contribution in [1.82, 2.24) is 4.98 Å². The lowest BCUT2D eigenvalue weighted by Crippen LogP contribution is -2.26. The average Bonchev–Trinajstić information content (AvgIpc) is 2.53. The number of aromatic nitrogens is 1. The summed E-state index contributed by atoms with van der Waals surface area (Å²) in [6.07, 6.45) is 0.951. The topological polar surface area (TPSA) is 135 Å². The van der Waals surface area contributed by atoms with Gasteiger partial charge in [-0.2, -0.15) is 0 Å². The van der Waals surface area contributed by atoms with Crippen molar-refractivity contribution >= 4 is 23.6 Å². The summed E-state index contributed by atoms with van der Waals surface area (Å²) >= 11 is 0. The van der Waals surface area contributed by atoms with E-state index >= 15 is 0 Å². The average molecular weight is 312 g/mol. The van der Waals surface area contributed by atoms with E-state index in [9.17, 15) is 24.5 Å². The van der Waals surface area contributed by atoms with Crippen LogP contribution in [0.2, 0.25) is 0 Å². The molecule has 0 aromatic carbocycles. The van der Waals surface area contributed by atoms with Crippen LogP contribution in [0.3, 0.4) is 0 Å². The maximum absolute atomic E-state index is 11.7. The van der Waals surface area contributed by atoms with E-state index in [1.165, 1.54) is 0 Å². The van der Waals surface area contributed by atoms with Crippen LogP contribution in [0.5, 0.6) is 0 Å². The molecule has 0 unspecified atom stereocenters. The van der Waals surface area contributed by atoms with Crippen molar-refractivity contribution in [2.45, 2.75) is 5.92 Å². The highest BCUT2D eigenvalue weighted by atomic mass is 16.6. The van der Waals surface area contributed by atoms with Crippen molar-refractivity contribution in [3.63, 3.8) is 0 Å². The van der Waals surface area contributed by atoms with Crippen LogP contribution in [0, 0.1) is 10.1 Å². The number of pyridine rings is 1. The normalized spacial score (nSPS) is 10.0. The summed E-state index contributed by atoms with van der Waals surface area (Å²) in [5.74, 6) is -4.74. The second kappa shape index (κ2) is 7.11. The zero-order valence-corrected chi connectivity index (χ0v) is 11.9. The van der Waals surface area contributed by atoms with E-state index in [-0.39, 0.29) is 5.56 Å². The number of carbonyl (C=O) groups is 3. The lowest BCUT2D eigenvalue weighted by molar-refractivity contribution is -0.386. The Labute approximate surface area is 124 Å². The van der Waals surface area contributed by atoms with Gasteiger partial charge in [0.1, 0.15) is 5.69 Å². The number of carbonyl (C=O) groups excluding carboxylic acids is 3. The molecular formula is C12H12N2O8. The van der Waals surface area contributed by atoms with Gasteiger partial charge in [0.05, 0.1) is 31.8 Å². The van der Waals surface area contributed by atoms with Crippen LogP contribution >= 0.6 is 0 Å². The molecule has 0 radical (unpaired) electrons. The van der Waals surface area contributed by atoms with Gasteiger partial charge in [-0.3, -0.25) is 24.7 Å². The Kier molecular flexibility index (Phi) is 5.50. The molecule has 0 aliphatic carbocycles. The molecule has 0 fully saturated rings. The van der Waals surface area contributed by atoms with E-state index in [1.807, 2.05) is 0 Å². The first-order valence-corrected chi connectivity index (χ1v) is 5.75. The molecule has 0 amide bonds. The van der Waals surface area contributed by atoms with Gasteiger partial charge < -0.3 is 14.2 Å². The van der Waals surface area contributed by atoms with Crippen molar-refractivity contribution in [3.05, 3.63) is 33.6 Å². The van der Waals surface area contributed by atoms with E-state index in [0.717, 1.165) is 33.6 Å². The molecule has 0 aliphatic heterocycles. The smallest absolute Gasteiger partial charge is 0.339 e. The quantitative estimate of drug-likeness (QED) is 0.245.